The first kappa shape index (κ1) is 36.1. The lowest BCUT2D eigenvalue weighted by Gasteiger charge is -2.43. The molecule has 0 saturated heterocycles. The first-order chi connectivity index (χ1) is 25.6. The first-order valence-corrected chi connectivity index (χ1v) is 20.0. The van der Waals surface area contributed by atoms with Gasteiger partial charge in [-0.05, 0) is 118 Å². The average Bonchev–Trinajstić information content (AvgIpc) is 3.53. The lowest BCUT2D eigenvalue weighted by atomic mass is 9.72. The highest BCUT2D eigenvalue weighted by Gasteiger charge is 2.36. The molecule has 1 saturated carbocycles. The van der Waals surface area contributed by atoms with Gasteiger partial charge in [-0.2, -0.15) is 9.13 Å². The summed E-state index contributed by atoms with van der Waals surface area (Å²) in [5.74, 6) is 3.92. The predicted octanol–water partition coefficient (Wildman–Crippen LogP) is 12.4. The smallest absolute Gasteiger partial charge is 0.255 e. The van der Waals surface area contributed by atoms with Crippen molar-refractivity contribution in [2.45, 2.75) is 110 Å². The molecule has 3 heterocycles. The summed E-state index contributed by atoms with van der Waals surface area (Å²) in [4.78, 5) is 7.40. The van der Waals surface area contributed by atoms with E-state index in [0.29, 0.717) is 11.8 Å². The van der Waals surface area contributed by atoms with Crippen LogP contribution in [0.25, 0.3) is 22.4 Å². The summed E-state index contributed by atoms with van der Waals surface area (Å²) >= 11 is 0. The zero-order chi connectivity index (χ0) is 38.0. The number of nitrogens with zero attached hydrogens (tertiary/aromatic N) is 4. The molecule has 0 bridgehead atoms. The van der Waals surface area contributed by atoms with Crippen molar-refractivity contribution < 1.29 is 9.30 Å². The van der Waals surface area contributed by atoms with E-state index < -0.39 is 0 Å². The number of ether oxygens (including phenoxy) is 1. The van der Waals surface area contributed by atoms with Crippen LogP contribution in [0.4, 0.5) is 11.5 Å². The summed E-state index contributed by atoms with van der Waals surface area (Å²) in [6.45, 7) is 21.6. The monoisotopic (exact) mass is 717 g/mol. The lowest BCUT2D eigenvalue weighted by molar-refractivity contribution is -0.567. The maximum Gasteiger partial charge on any atom is 0.255 e. The van der Waals surface area contributed by atoms with Gasteiger partial charge in [-0.1, -0.05) is 105 Å². The Morgan fingerprint density at radius 2 is 1.37 bits per heavy atom. The van der Waals surface area contributed by atoms with Crippen molar-refractivity contribution in [3.8, 4) is 22.9 Å². The Kier molecular flexibility index (Phi) is 8.98. The van der Waals surface area contributed by atoms with Gasteiger partial charge < -0.3 is 9.64 Å². The number of rotatable bonds is 5. The fourth-order valence-corrected chi connectivity index (χ4v) is 8.52. The van der Waals surface area contributed by atoms with Crippen molar-refractivity contribution >= 4 is 22.5 Å². The van der Waals surface area contributed by atoms with Gasteiger partial charge in [-0.15, -0.1) is 0 Å². The van der Waals surface area contributed by atoms with Gasteiger partial charge in [-0.25, -0.2) is 4.98 Å². The SMILES string of the molecule is CC(C)(C)c1cc(-n2c[n+](-c3cccc(Oc4ccc5c(c4)N(c4cc(C(C)(C)C)ccn4)CC4CCCCC54)c3)c3ccccc32)cc(C(C)(C)C)c1. The van der Waals surface area contributed by atoms with Crippen molar-refractivity contribution in [1.29, 1.82) is 0 Å². The molecule has 1 fully saturated rings. The van der Waals surface area contributed by atoms with Gasteiger partial charge in [0.15, 0.2) is 11.0 Å². The van der Waals surface area contributed by atoms with Gasteiger partial charge in [-0.3, -0.25) is 0 Å². The largest absolute Gasteiger partial charge is 0.457 e. The van der Waals surface area contributed by atoms with Gasteiger partial charge in [0.2, 0.25) is 0 Å². The summed E-state index contributed by atoms with van der Waals surface area (Å²) in [5.41, 5.74) is 11.3. The molecular weight excluding hydrogens is 661 g/mol. The molecule has 2 aliphatic rings. The fourth-order valence-electron chi connectivity index (χ4n) is 8.52. The molecule has 0 amide bonds. The van der Waals surface area contributed by atoms with Crippen molar-refractivity contribution in [3.63, 3.8) is 0 Å². The van der Waals surface area contributed by atoms with E-state index in [-0.39, 0.29) is 16.2 Å². The Hall–Kier alpha value is -4.90. The summed E-state index contributed by atoms with van der Waals surface area (Å²) in [5, 5.41) is 0. The molecule has 278 valence electrons. The van der Waals surface area contributed by atoms with Crippen LogP contribution in [0.2, 0.25) is 0 Å². The van der Waals surface area contributed by atoms with Gasteiger partial charge in [0, 0.05) is 30.6 Å². The Labute approximate surface area is 322 Å². The summed E-state index contributed by atoms with van der Waals surface area (Å²) in [6, 6.07) is 35.5. The zero-order valence-corrected chi connectivity index (χ0v) is 33.8. The minimum Gasteiger partial charge on any atom is -0.457 e. The van der Waals surface area contributed by atoms with Gasteiger partial charge in [0.25, 0.3) is 6.33 Å². The molecule has 1 aliphatic carbocycles. The van der Waals surface area contributed by atoms with Crippen LogP contribution in [-0.4, -0.2) is 16.1 Å². The van der Waals surface area contributed by atoms with Crippen molar-refractivity contribution in [1.82, 2.24) is 9.55 Å². The van der Waals surface area contributed by atoms with E-state index in [2.05, 4.69) is 180 Å². The van der Waals surface area contributed by atoms with Crippen LogP contribution in [-0.2, 0) is 16.2 Å². The highest BCUT2D eigenvalue weighted by atomic mass is 16.5. The molecule has 0 spiro atoms. The Morgan fingerprint density at radius 3 is 2.11 bits per heavy atom. The fraction of sp³-hybridized carbons (Fsp3) is 0.388. The molecule has 5 nitrogen and oxygen atoms in total. The van der Waals surface area contributed by atoms with Crippen LogP contribution in [0.3, 0.4) is 0 Å². The number of aromatic nitrogens is 3. The number of benzene rings is 4. The molecule has 0 N–H and O–H groups in total. The first-order valence-electron chi connectivity index (χ1n) is 20.0. The quantitative estimate of drug-likeness (QED) is 0.167. The Bertz CT molecular complexity index is 2300. The van der Waals surface area contributed by atoms with E-state index in [1.54, 1.807) is 0 Å². The number of anilines is 2. The second-order valence-corrected chi connectivity index (χ2v) is 18.8. The van der Waals surface area contributed by atoms with Crippen LogP contribution in [0.15, 0.2) is 110 Å². The van der Waals surface area contributed by atoms with Gasteiger partial charge >= 0.3 is 0 Å². The van der Waals surface area contributed by atoms with E-state index in [9.17, 15) is 0 Å². The summed E-state index contributed by atoms with van der Waals surface area (Å²) < 4.78 is 11.4. The van der Waals surface area contributed by atoms with Crippen molar-refractivity contribution in [2.24, 2.45) is 5.92 Å². The van der Waals surface area contributed by atoms with E-state index in [0.717, 1.165) is 40.6 Å². The van der Waals surface area contributed by atoms with E-state index >= 15 is 0 Å². The molecule has 8 rings (SSSR count). The number of hydrogen-bond donors (Lipinski definition) is 0. The van der Waals surface area contributed by atoms with Gasteiger partial charge in [0.05, 0.1) is 0 Å². The third kappa shape index (κ3) is 6.94. The zero-order valence-electron chi connectivity index (χ0n) is 33.8. The predicted molar refractivity (Wildman–Crippen MR) is 223 cm³/mol. The Balaban J connectivity index is 1.17. The standard InChI is InChI=1S/C49H57N4O/c1-47(2,3)34-23-24-50-46(28-34)51-31-33-15-10-11-18-41(33)42-22-21-40(30-45(42)51)54-39-17-14-16-37(29-39)52-32-53(44-20-13-12-19-43(44)52)38-26-35(48(4,5)6)25-36(27-38)49(7,8)9/h12-14,16-17,19-30,32-33,41H,10-11,15,18,31H2,1-9H3/q+1. The van der Waals surface area contributed by atoms with E-state index in [1.807, 2.05) is 6.20 Å². The van der Waals surface area contributed by atoms with E-state index in [1.165, 1.54) is 59.3 Å². The molecule has 54 heavy (non-hydrogen) atoms. The highest BCUT2D eigenvalue weighted by molar-refractivity contribution is 5.75. The number of fused-ring (bicyclic) bond motifs is 4. The maximum absolute atomic E-state index is 6.75. The average molecular weight is 718 g/mol. The Morgan fingerprint density at radius 1 is 0.667 bits per heavy atom. The molecule has 2 unspecified atom stereocenters. The van der Waals surface area contributed by atoms with Crippen LogP contribution in [0, 0.1) is 5.92 Å². The molecule has 4 aromatic carbocycles. The molecule has 5 heteroatoms. The van der Waals surface area contributed by atoms with Gasteiger partial charge in [0.1, 0.15) is 28.7 Å². The van der Waals surface area contributed by atoms with Crippen LogP contribution < -0.4 is 14.2 Å². The van der Waals surface area contributed by atoms with Crippen LogP contribution in [0.1, 0.15) is 116 Å². The van der Waals surface area contributed by atoms with Crippen molar-refractivity contribution in [3.05, 3.63) is 132 Å². The normalized spacial score (nSPS) is 17.7. The summed E-state index contributed by atoms with van der Waals surface area (Å²) in [7, 11) is 0. The minimum atomic E-state index is 0.0272. The molecular formula is C49H57N4O+. The molecule has 2 aromatic heterocycles. The maximum atomic E-state index is 6.75. The summed E-state index contributed by atoms with van der Waals surface area (Å²) in [6.07, 6.45) is 9.36. The third-order valence-electron chi connectivity index (χ3n) is 11.8. The third-order valence-corrected chi connectivity index (χ3v) is 11.8. The number of imidazole rings is 1. The molecule has 6 aromatic rings. The topological polar surface area (TPSA) is 34.2 Å². The number of hydrogen-bond acceptors (Lipinski definition) is 3. The van der Waals surface area contributed by atoms with Crippen LogP contribution >= 0.6 is 0 Å². The number of pyridine rings is 1. The second kappa shape index (κ2) is 13.4. The highest BCUT2D eigenvalue weighted by Crippen LogP contribution is 2.49. The second-order valence-electron chi connectivity index (χ2n) is 18.8. The molecule has 1 aliphatic heterocycles. The van der Waals surface area contributed by atoms with Crippen molar-refractivity contribution in [2.75, 3.05) is 11.4 Å². The minimum absolute atomic E-state index is 0.0272. The van der Waals surface area contributed by atoms with E-state index in [4.69, 9.17) is 9.72 Å². The lowest BCUT2D eigenvalue weighted by Crippen LogP contribution is -2.37. The molecule has 2 atom stereocenters. The van der Waals surface area contributed by atoms with Crippen LogP contribution in [0.5, 0.6) is 11.5 Å². The number of para-hydroxylation sites is 2. The molecule has 0 radical (unpaired) electrons.